The van der Waals surface area contributed by atoms with Gasteiger partial charge in [-0.1, -0.05) is 6.42 Å². The molecule has 1 heterocycles. The number of thioether (sulfide) groups is 1. The Hall–Kier alpha value is -3.17. The molecule has 37 heavy (non-hydrogen) atoms. The van der Waals surface area contributed by atoms with Gasteiger partial charge in [-0.05, 0) is 44.2 Å². The van der Waals surface area contributed by atoms with E-state index in [1.54, 1.807) is 6.26 Å². The summed E-state index contributed by atoms with van der Waals surface area (Å²) < 4.78 is 0. The molecule has 0 spiro atoms. The first kappa shape index (κ1) is 31.9. The second kappa shape index (κ2) is 17.3. The van der Waals surface area contributed by atoms with E-state index in [2.05, 4.69) is 25.9 Å². The highest BCUT2D eigenvalue weighted by atomic mass is 32.2. The highest BCUT2D eigenvalue weighted by Crippen LogP contribution is 2.07. The van der Waals surface area contributed by atoms with Gasteiger partial charge < -0.3 is 43.2 Å². The first-order valence-electron chi connectivity index (χ1n) is 11.9. The Bertz CT molecular complexity index is 885. The summed E-state index contributed by atoms with van der Waals surface area (Å²) in [7, 11) is 0. The van der Waals surface area contributed by atoms with E-state index in [-0.39, 0.29) is 25.7 Å². The van der Waals surface area contributed by atoms with E-state index in [0.717, 1.165) is 0 Å². The average Bonchev–Trinajstić information content (AvgIpc) is 3.36. The second-order valence-corrected chi connectivity index (χ2v) is 9.47. The smallest absolute Gasteiger partial charge is 0.326 e. The van der Waals surface area contributed by atoms with Crippen LogP contribution in [-0.4, -0.2) is 87.4 Å². The molecule has 14 nitrogen and oxygen atoms in total. The number of aromatic nitrogens is 2. The Labute approximate surface area is 219 Å². The maximum absolute atomic E-state index is 13.2. The molecule has 0 aliphatic rings. The highest BCUT2D eigenvalue weighted by molar-refractivity contribution is 7.98. The summed E-state index contributed by atoms with van der Waals surface area (Å²) in [6.45, 7) is 0.466. The van der Waals surface area contributed by atoms with E-state index in [1.807, 2.05) is 0 Å². The van der Waals surface area contributed by atoms with Crippen molar-refractivity contribution in [3.8, 4) is 0 Å². The summed E-state index contributed by atoms with van der Waals surface area (Å²) in [4.78, 5) is 68.4. The largest absolute Gasteiger partial charge is 0.480 e. The normalized spacial score (nSPS) is 14.1. The Morgan fingerprint density at radius 3 is 2.22 bits per heavy atom. The SMILES string of the molecule is CSCCC(NC(=O)C(CCC(N)=O)NC(=O)C(Cc1cnc[nH]1)NC(=O)C(N)CCCCN)C(=O)O. The number of nitrogens with one attached hydrogen (secondary N) is 4. The topological polar surface area (TPSA) is 248 Å². The number of carboxylic acids is 1. The van der Waals surface area contributed by atoms with E-state index >= 15 is 0 Å². The monoisotopic (exact) mass is 542 g/mol. The predicted molar refractivity (Wildman–Crippen MR) is 138 cm³/mol. The molecule has 11 N–H and O–H groups in total. The van der Waals surface area contributed by atoms with E-state index in [0.29, 0.717) is 37.3 Å². The molecule has 0 aliphatic heterocycles. The number of H-pyrrole nitrogens is 1. The molecular weight excluding hydrogens is 504 g/mol. The number of carboxylic acid groups (broad SMARTS) is 1. The number of nitrogens with two attached hydrogens (primary N) is 3. The molecule has 0 aromatic carbocycles. The fourth-order valence-electron chi connectivity index (χ4n) is 3.34. The van der Waals surface area contributed by atoms with Crippen LogP contribution in [0.5, 0.6) is 0 Å². The summed E-state index contributed by atoms with van der Waals surface area (Å²) in [6.07, 6.45) is 6.19. The molecule has 1 aromatic rings. The van der Waals surface area contributed by atoms with Crippen LogP contribution >= 0.6 is 11.8 Å². The number of aliphatic carboxylic acids is 1. The van der Waals surface area contributed by atoms with Gasteiger partial charge in [-0.3, -0.25) is 19.2 Å². The molecule has 0 radical (unpaired) electrons. The number of nitrogens with zero attached hydrogens (tertiary/aromatic N) is 1. The molecule has 0 saturated heterocycles. The first-order chi connectivity index (χ1) is 17.6. The van der Waals surface area contributed by atoms with E-state index in [9.17, 15) is 29.1 Å². The van der Waals surface area contributed by atoms with Gasteiger partial charge in [0.05, 0.1) is 12.4 Å². The molecule has 4 unspecified atom stereocenters. The van der Waals surface area contributed by atoms with Crippen LogP contribution in [0.15, 0.2) is 12.5 Å². The van der Waals surface area contributed by atoms with E-state index in [4.69, 9.17) is 17.2 Å². The summed E-state index contributed by atoms with van der Waals surface area (Å²) >= 11 is 1.42. The number of aromatic amines is 1. The van der Waals surface area contributed by atoms with Gasteiger partial charge in [0.15, 0.2) is 0 Å². The van der Waals surface area contributed by atoms with Crippen LogP contribution in [0.1, 0.15) is 44.2 Å². The number of carbonyl (C=O) groups excluding carboxylic acids is 4. The Morgan fingerprint density at radius 1 is 1.00 bits per heavy atom. The van der Waals surface area contributed by atoms with Gasteiger partial charge in [-0.15, -0.1) is 0 Å². The maximum atomic E-state index is 13.2. The van der Waals surface area contributed by atoms with Gasteiger partial charge >= 0.3 is 5.97 Å². The first-order valence-corrected chi connectivity index (χ1v) is 13.3. The van der Waals surface area contributed by atoms with Crippen molar-refractivity contribution < 1.29 is 29.1 Å². The number of rotatable bonds is 19. The number of primary amides is 1. The minimum Gasteiger partial charge on any atom is -0.480 e. The van der Waals surface area contributed by atoms with Crippen LogP contribution in [0, 0.1) is 0 Å². The number of imidazole rings is 1. The molecule has 0 aliphatic carbocycles. The summed E-state index contributed by atoms with van der Waals surface area (Å²) in [6, 6.07) is -4.45. The van der Waals surface area contributed by atoms with E-state index in [1.165, 1.54) is 24.3 Å². The van der Waals surface area contributed by atoms with Crippen LogP contribution in [-0.2, 0) is 30.4 Å². The molecule has 1 aromatic heterocycles. The molecule has 208 valence electrons. The zero-order valence-electron chi connectivity index (χ0n) is 20.9. The quantitative estimate of drug-likeness (QED) is 0.0890. The number of hydrogen-bond donors (Lipinski definition) is 8. The number of unbranched alkanes of at least 4 members (excludes halogenated alkanes) is 1. The lowest BCUT2D eigenvalue weighted by Gasteiger charge is -2.25. The van der Waals surface area contributed by atoms with Gasteiger partial charge in [0.2, 0.25) is 23.6 Å². The Kier molecular flexibility index (Phi) is 14.9. The molecule has 1 rings (SSSR count). The van der Waals surface area contributed by atoms with Crippen LogP contribution in [0.3, 0.4) is 0 Å². The van der Waals surface area contributed by atoms with Crippen molar-refractivity contribution in [2.45, 2.75) is 69.1 Å². The number of carbonyl (C=O) groups is 5. The minimum atomic E-state index is -1.27. The fraction of sp³-hybridized carbons (Fsp3) is 0.636. The fourth-order valence-corrected chi connectivity index (χ4v) is 3.81. The standard InChI is InChI=1S/C22H38N8O6S/c1-37-9-7-16(22(35)36)29-20(33)15(5-6-18(25)31)28-21(34)17(10-13-11-26-12-27-13)30-19(32)14(24)4-2-3-8-23/h11-12,14-17H,2-10,23-24H2,1H3,(H2,25,31)(H,26,27)(H,28,34)(H,29,33)(H,30,32)(H,35,36). The Balaban J connectivity index is 3.02. The van der Waals surface area contributed by atoms with Crippen LogP contribution in [0.25, 0.3) is 0 Å². The molecular formula is C22H38N8O6S. The van der Waals surface area contributed by atoms with Gasteiger partial charge in [0.1, 0.15) is 18.1 Å². The third-order valence-corrected chi connectivity index (χ3v) is 6.10. The second-order valence-electron chi connectivity index (χ2n) is 8.48. The zero-order valence-corrected chi connectivity index (χ0v) is 21.7. The Morgan fingerprint density at radius 2 is 1.65 bits per heavy atom. The third-order valence-electron chi connectivity index (χ3n) is 5.46. The van der Waals surface area contributed by atoms with Crippen LogP contribution < -0.4 is 33.2 Å². The predicted octanol–water partition coefficient (Wildman–Crippen LogP) is -2.03. The minimum absolute atomic E-state index is 0.0166. The molecule has 0 saturated carbocycles. The lowest BCUT2D eigenvalue weighted by atomic mass is 10.1. The number of hydrogen-bond acceptors (Lipinski definition) is 9. The van der Waals surface area contributed by atoms with Crippen molar-refractivity contribution in [1.29, 1.82) is 0 Å². The third kappa shape index (κ3) is 12.6. The molecule has 15 heteroatoms. The molecule has 4 amide bonds. The van der Waals surface area contributed by atoms with Gasteiger partial charge in [-0.25, -0.2) is 9.78 Å². The maximum Gasteiger partial charge on any atom is 0.326 e. The van der Waals surface area contributed by atoms with Crippen molar-refractivity contribution in [1.82, 2.24) is 25.9 Å². The van der Waals surface area contributed by atoms with Crippen molar-refractivity contribution in [3.63, 3.8) is 0 Å². The average molecular weight is 543 g/mol. The van der Waals surface area contributed by atoms with Gasteiger partial charge in [-0.2, -0.15) is 11.8 Å². The summed E-state index contributed by atoms with van der Waals surface area (Å²) in [5.74, 6) is -3.51. The summed E-state index contributed by atoms with van der Waals surface area (Å²) in [5, 5.41) is 17.0. The number of amides is 4. The van der Waals surface area contributed by atoms with Gasteiger partial charge in [0, 0.05) is 24.7 Å². The molecule has 4 atom stereocenters. The lowest BCUT2D eigenvalue weighted by molar-refractivity contribution is -0.142. The van der Waals surface area contributed by atoms with Crippen molar-refractivity contribution in [2.24, 2.45) is 17.2 Å². The van der Waals surface area contributed by atoms with Crippen LogP contribution in [0.4, 0.5) is 0 Å². The van der Waals surface area contributed by atoms with Crippen LogP contribution in [0.2, 0.25) is 0 Å². The van der Waals surface area contributed by atoms with E-state index < -0.39 is 53.8 Å². The van der Waals surface area contributed by atoms with Crippen molar-refractivity contribution in [2.75, 3.05) is 18.6 Å². The van der Waals surface area contributed by atoms with Gasteiger partial charge in [0.25, 0.3) is 0 Å². The summed E-state index contributed by atoms with van der Waals surface area (Å²) in [5.41, 5.74) is 17.2. The molecule has 0 fully saturated rings. The van der Waals surface area contributed by atoms with Crippen molar-refractivity contribution >= 4 is 41.4 Å². The van der Waals surface area contributed by atoms with Crippen molar-refractivity contribution in [3.05, 3.63) is 18.2 Å². The highest BCUT2D eigenvalue weighted by Gasteiger charge is 2.30. The zero-order chi connectivity index (χ0) is 27.8. The lowest BCUT2D eigenvalue weighted by Crippen LogP contribution is -2.57. The molecule has 0 bridgehead atoms.